The molecule has 1 heteroatoms. The quantitative estimate of drug-likeness (QED) is 0.765. The van der Waals surface area contributed by atoms with Crippen molar-refractivity contribution in [3.63, 3.8) is 0 Å². The Balaban J connectivity index is 1.96. The average Bonchev–Trinajstić information content (AvgIpc) is 2.64. The number of hydrogen-bond acceptors (Lipinski definition) is 1. The number of aryl methyl sites for hydroxylation is 2. The summed E-state index contributed by atoms with van der Waals surface area (Å²) in [6.45, 7) is 6.60. The highest BCUT2D eigenvalue weighted by molar-refractivity contribution is 5.82. The van der Waals surface area contributed by atoms with Gasteiger partial charge in [-0.05, 0) is 68.0 Å². The molecule has 0 bridgehead atoms. The SMILES string of the molecule is CCCCc1ccc(C(=C2CCNCC2)c2ccc(C)cc2)cc1. The van der Waals surface area contributed by atoms with Gasteiger partial charge in [-0.25, -0.2) is 0 Å². The van der Waals surface area contributed by atoms with Crippen LogP contribution >= 0.6 is 0 Å². The van der Waals surface area contributed by atoms with Crippen molar-refractivity contribution in [3.8, 4) is 0 Å². The highest BCUT2D eigenvalue weighted by atomic mass is 14.9. The Hall–Kier alpha value is -1.86. The van der Waals surface area contributed by atoms with Crippen molar-refractivity contribution in [3.05, 3.63) is 76.4 Å². The van der Waals surface area contributed by atoms with E-state index in [1.54, 1.807) is 5.57 Å². The monoisotopic (exact) mass is 319 g/mol. The fraction of sp³-hybridized carbons (Fsp3) is 0.391. The first-order valence-corrected chi connectivity index (χ1v) is 9.37. The maximum Gasteiger partial charge on any atom is -0.00111 e. The standard InChI is InChI=1S/C23H29N/c1-3-4-5-19-8-12-21(13-9-19)23(22-14-16-24-17-15-22)20-10-6-18(2)7-11-20/h6-13,24H,3-5,14-17H2,1-2H3. The number of benzene rings is 2. The molecule has 1 heterocycles. The van der Waals surface area contributed by atoms with Crippen molar-refractivity contribution in [2.24, 2.45) is 0 Å². The molecule has 0 amide bonds. The molecule has 24 heavy (non-hydrogen) atoms. The molecule has 0 aromatic heterocycles. The van der Waals surface area contributed by atoms with Crippen molar-refractivity contribution in [2.75, 3.05) is 13.1 Å². The van der Waals surface area contributed by atoms with Crippen molar-refractivity contribution in [1.29, 1.82) is 0 Å². The van der Waals surface area contributed by atoms with Crippen molar-refractivity contribution >= 4 is 5.57 Å². The number of hydrogen-bond donors (Lipinski definition) is 1. The molecule has 1 fully saturated rings. The highest BCUT2D eigenvalue weighted by Gasteiger charge is 2.14. The number of rotatable bonds is 5. The molecular weight excluding hydrogens is 290 g/mol. The summed E-state index contributed by atoms with van der Waals surface area (Å²) >= 11 is 0. The summed E-state index contributed by atoms with van der Waals surface area (Å²) in [5.74, 6) is 0. The summed E-state index contributed by atoms with van der Waals surface area (Å²) in [5, 5.41) is 3.48. The van der Waals surface area contributed by atoms with E-state index < -0.39 is 0 Å². The summed E-state index contributed by atoms with van der Waals surface area (Å²) in [5.41, 5.74) is 8.56. The second-order valence-corrected chi connectivity index (χ2v) is 6.90. The Bertz CT molecular complexity index is 669. The van der Waals surface area contributed by atoms with Crippen molar-refractivity contribution in [1.82, 2.24) is 5.32 Å². The third-order valence-corrected chi connectivity index (χ3v) is 4.96. The lowest BCUT2D eigenvalue weighted by Gasteiger charge is -2.21. The van der Waals surface area contributed by atoms with E-state index in [4.69, 9.17) is 0 Å². The maximum atomic E-state index is 3.48. The minimum absolute atomic E-state index is 1.10. The van der Waals surface area contributed by atoms with Gasteiger partial charge in [-0.2, -0.15) is 0 Å². The Morgan fingerprint density at radius 2 is 1.46 bits per heavy atom. The van der Waals surface area contributed by atoms with E-state index in [0.29, 0.717) is 0 Å². The second kappa shape index (κ2) is 8.30. The summed E-state index contributed by atoms with van der Waals surface area (Å²) < 4.78 is 0. The van der Waals surface area contributed by atoms with E-state index in [-0.39, 0.29) is 0 Å². The van der Waals surface area contributed by atoms with Crippen molar-refractivity contribution < 1.29 is 0 Å². The van der Waals surface area contributed by atoms with Crippen LogP contribution in [0.5, 0.6) is 0 Å². The van der Waals surface area contributed by atoms with Crippen molar-refractivity contribution in [2.45, 2.75) is 46.0 Å². The molecule has 0 aliphatic carbocycles. The highest BCUT2D eigenvalue weighted by Crippen LogP contribution is 2.31. The molecule has 126 valence electrons. The number of unbranched alkanes of at least 4 members (excludes halogenated alkanes) is 1. The Morgan fingerprint density at radius 1 is 0.875 bits per heavy atom. The van der Waals surface area contributed by atoms with Gasteiger partial charge in [0, 0.05) is 0 Å². The lowest BCUT2D eigenvalue weighted by molar-refractivity contribution is 0.611. The normalized spacial score (nSPS) is 14.7. The third kappa shape index (κ3) is 4.15. The number of piperidine rings is 1. The molecule has 0 spiro atoms. The van der Waals surface area contributed by atoms with Gasteiger partial charge in [0.15, 0.2) is 0 Å². The molecule has 1 N–H and O–H groups in total. The minimum atomic E-state index is 1.10. The molecular formula is C23H29N. The van der Waals surface area contributed by atoms with Gasteiger partial charge in [-0.1, -0.05) is 73.0 Å². The minimum Gasteiger partial charge on any atom is -0.316 e. The van der Waals surface area contributed by atoms with Crippen LogP contribution in [0.1, 0.15) is 54.9 Å². The lowest BCUT2D eigenvalue weighted by atomic mass is 9.88. The molecule has 2 aromatic rings. The topological polar surface area (TPSA) is 12.0 Å². The third-order valence-electron chi connectivity index (χ3n) is 4.96. The Kier molecular flexibility index (Phi) is 5.87. The van der Waals surface area contributed by atoms with E-state index in [1.165, 1.54) is 47.1 Å². The van der Waals surface area contributed by atoms with E-state index in [9.17, 15) is 0 Å². The van der Waals surface area contributed by atoms with Crippen LogP contribution in [-0.4, -0.2) is 13.1 Å². The first-order valence-electron chi connectivity index (χ1n) is 9.37. The predicted octanol–water partition coefficient (Wildman–Crippen LogP) is 5.52. The molecule has 0 radical (unpaired) electrons. The van der Waals surface area contributed by atoms with Gasteiger partial charge in [-0.3, -0.25) is 0 Å². The van der Waals surface area contributed by atoms with Crippen LogP contribution in [0.4, 0.5) is 0 Å². The zero-order chi connectivity index (χ0) is 16.8. The van der Waals surface area contributed by atoms with Crippen LogP contribution in [-0.2, 0) is 6.42 Å². The first kappa shape index (κ1) is 17.0. The van der Waals surface area contributed by atoms with Gasteiger partial charge in [0.1, 0.15) is 0 Å². The Morgan fingerprint density at radius 3 is 2.04 bits per heavy atom. The maximum absolute atomic E-state index is 3.48. The fourth-order valence-corrected chi connectivity index (χ4v) is 3.49. The van der Waals surface area contributed by atoms with E-state index >= 15 is 0 Å². The molecule has 1 nitrogen and oxygen atoms in total. The Labute approximate surface area is 146 Å². The lowest BCUT2D eigenvalue weighted by Crippen LogP contribution is -2.23. The van der Waals surface area contributed by atoms with Gasteiger partial charge < -0.3 is 5.32 Å². The average molecular weight is 319 g/mol. The predicted molar refractivity (Wildman–Crippen MR) is 104 cm³/mol. The second-order valence-electron chi connectivity index (χ2n) is 6.90. The van der Waals surface area contributed by atoms with E-state index in [1.807, 2.05) is 0 Å². The van der Waals surface area contributed by atoms with Crippen LogP contribution in [0.15, 0.2) is 54.1 Å². The molecule has 0 saturated carbocycles. The van der Waals surface area contributed by atoms with Gasteiger partial charge >= 0.3 is 0 Å². The molecule has 1 saturated heterocycles. The van der Waals surface area contributed by atoms with Crippen LogP contribution < -0.4 is 5.32 Å². The fourth-order valence-electron chi connectivity index (χ4n) is 3.49. The molecule has 0 atom stereocenters. The molecule has 3 rings (SSSR count). The molecule has 1 aliphatic heterocycles. The van der Waals surface area contributed by atoms with Crippen LogP contribution in [0.25, 0.3) is 5.57 Å². The van der Waals surface area contributed by atoms with E-state index in [2.05, 4.69) is 67.7 Å². The zero-order valence-corrected chi connectivity index (χ0v) is 15.1. The molecule has 1 aliphatic rings. The number of nitrogens with one attached hydrogen (secondary N) is 1. The summed E-state index contributed by atoms with van der Waals surface area (Å²) in [6, 6.07) is 18.3. The smallest absolute Gasteiger partial charge is 0.00111 e. The summed E-state index contributed by atoms with van der Waals surface area (Å²) in [7, 11) is 0. The largest absolute Gasteiger partial charge is 0.316 e. The van der Waals surface area contributed by atoms with Gasteiger partial charge in [0.25, 0.3) is 0 Å². The summed E-state index contributed by atoms with van der Waals surface area (Å²) in [4.78, 5) is 0. The molecule has 2 aromatic carbocycles. The van der Waals surface area contributed by atoms with Gasteiger partial charge in [0.05, 0.1) is 0 Å². The first-order chi connectivity index (χ1) is 11.8. The molecule has 0 unspecified atom stereocenters. The van der Waals surface area contributed by atoms with Gasteiger partial charge in [0.2, 0.25) is 0 Å². The van der Waals surface area contributed by atoms with E-state index in [0.717, 1.165) is 25.9 Å². The zero-order valence-electron chi connectivity index (χ0n) is 15.1. The van der Waals surface area contributed by atoms with Crippen LogP contribution in [0, 0.1) is 6.92 Å². The van der Waals surface area contributed by atoms with Crippen LogP contribution in [0.3, 0.4) is 0 Å². The van der Waals surface area contributed by atoms with Crippen LogP contribution in [0.2, 0.25) is 0 Å². The summed E-state index contributed by atoms with van der Waals surface area (Å²) in [6.07, 6.45) is 6.03. The van der Waals surface area contributed by atoms with Gasteiger partial charge in [-0.15, -0.1) is 0 Å².